The molecule has 0 aromatic carbocycles. The van der Waals surface area contributed by atoms with Gasteiger partial charge in [0, 0.05) is 6.54 Å². The van der Waals surface area contributed by atoms with Crippen molar-refractivity contribution in [3.8, 4) is 6.07 Å². The van der Waals surface area contributed by atoms with Crippen LogP contribution in [0.25, 0.3) is 0 Å². The Morgan fingerprint density at radius 1 is 1.38 bits per heavy atom. The Balaban J connectivity index is 2.41. The fourth-order valence-electron chi connectivity index (χ4n) is 1.88. The molecule has 1 fully saturated rings. The number of rotatable bonds is 3. The summed E-state index contributed by atoms with van der Waals surface area (Å²) in [4.78, 5) is 1.70. The van der Waals surface area contributed by atoms with Crippen LogP contribution in [-0.4, -0.2) is 37.3 Å². The molecule has 0 radical (unpaired) electrons. The summed E-state index contributed by atoms with van der Waals surface area (Å²) in [6, 6.07) is 1.32. The van der Waals surface area contributed by atoms with Crippen LogP contribution in [0.4, 0.5) is 13.2 Å². The third-order valence-corrected chi connectivity index (χ3v) is 3.03. The van der Waals surface area contributed by atoms with E-state index in [2.05, 4.69) is 0 Å². The molecule has 16 heavy (non-hydrogen) atoms. The van der Waals surface area contributed by atoms with Gasteiger partial charge in [0.05, 0.1) is 6.07 Å². The number of halogens is 3. The second-order valence-electron chi connectivity index (χ2n) is 4.20. The van der Waals surface area contributed by atoms with E-state index in [0.29, 0.717) is 25.6 Å². The van der Waals surface area contributed by atoms with E-state index in [1.165, 1.54) is 6.07 Å². The monoisotopic (exact) mass is 235 g/mol. The van der Waals surface area contributed by atoms with Gasteiger partial charge in [-0.15, -0.1) is 0 Å². The van der Waals surface area contributed by atoms with Gasteiger partial charge in [0.25, 0.3) is 0 Å². The van der Waals surface area contributed by atoms with E-state index in [1.54, 1.807) is 4.90 Å². The molecule has 0 saturated carbocycles. The number of hydrogen-bond donors (Lipinski definition) is 1. The van der Waals surface area contributed by atoms with Crippen LogP contribution in [0, 0.1) is 23.2 Å². The first-order chi connectivity index (χ1) is 7.47. The van der Waals surface area contributed by atoms with Crippen molar-refractivity contribution in [1.82, 2.24) is 4.90 Å². The fraction of sp³-hybridized carbons (Fsp3) is 0.900. The molecule has 0 bridgehead atoms. The highest BCUT2D eigenvalue weighted by molar-refractivity contribution is 4.91. The zero-order valence-electron chi connectivity index (χ0n) is 9.00. The highest BCUT2D eigenvalue weighted by Gasteiger charge is 2.41. The van der Waals surface area contributed by atoms with Gasteiger partial charge >= 0.3 is 6.18 Å². The van der Waals surface area contributed by atoms with Gasteiger partial charge < -0.3 is 10.6 Å². The molecule has 1 saturated heterocycles. The van der Waals surface area contributed by atoms with E-state index in [-0.39, 0.29) is 6.54 Å². The van der Waals surface area contributed by atoms with Crippen molar-refractivity contribution in [1.29, 1.82) is 5.26 Å². The Kier molecular flexibility index (Phi) is 4.56. The molecule has 1 heterocycles. The molecular formula is C10H16F3N3. The van der Waals surface area contributed by atoms with Crippen LogP contribution in [0.2, 0.25) is 0 Å². The second-order valence-corrected chi connectivity index (χ2v) is 4.20. The Hall–Kier alpha value is -0.800. The lowest BCUT2D eigenvalue weighted by atomic mass is 9.96. The van der Waals surface area contributed by atoms with Gasteiger partial charge in [0.2, 0.25) is 0 Å². The summed E-state index contributed by atoms with van der Waals surface area (Å²) < 4.78 is 37.0. The van der Waals surface area contributed by atoms with Gasteiger partial charge in [-0.25, -0.2) is 0 Å². The van der Waals surface area contributed by atoms with Crippen molar-refractivity contribution in [2.75, 3.05) is 26.2 Å². The molecular weight excluding hydrogens is 219 g/mol. The summed E-state index contributed by atoms with van der Waals surface area (Å²) in [5.74, 6) is -1.45. The van der Waals surface area contributed by atoms with E-state index in [0.717, 1.165) is 12.8 Å². The van der Waals surface area contributed by atoms with Crippen LogP contribution in [0.5, 0.6) is 0 Å². The zero-order valence-corrected chi connectivity index (χ0v) is 9.00. The van der Waals surface area contributed by atoms with Crippen LogP contribution >= 0.6 is 0 Å². The lowest BCUT2D eigenvalue weighted by Gasteiger charge is -2.32. The van der Waals surface area contributed by atoms with Crippen molar-refractivity contribution in [3.05, 3.63) is 0 Å². The molecule has 0 aromatic heterocycles. The molecule has 1 unspecified atom stereocenters. The van der Waals surface area contributed by atoms with Crippen LogP contribution in [0.15, 0.2) is 0 Å². The predicted octanol–water partition coefficient (Wildman–Crippen LogP) is 1.36. The van der Waals surface area contributed by atoms with Crippen LogP contribution in [-0.2, 0) is 0 Å². The minimum Gasteiger partial charge on any atom is -0.330 e. The van der Waals surface area contributed by atoms with Gasteiger partial charge in [-0.1, -0.05) is 0 Å². The predicted molar refractivity (Wildman–Crippen MR) is 53.4 cm³/mol. The summed E-state index contributed by atoms with van der Waals surface area (Å²) in [7, 11) is 0. The maximum Gasteiger partial charge on any atom is 0.405 e. The minimum atomic E-state index is -4.42. The number of alkyl halides is 3. The molecule has 0 amide bonds. The van der Waals surface area contributed by atoms with Crippen molar-refractivity contribution >= 4 is 0 Å². The Morgan fingerprint density at radius 2 is 1.94 bits per heavy atom. The number of likely N-dealkylation sites (tertiary alicyclic amines) is 1. The van der Waals surface area contributed by atoms with Crippen molar-refractivity contribution in [2.45, 2.75) is 19.0 Å². The molecule has 1 atom stereocenters. The average molecular weight is 235 g/mol. The normalized spacial score (nSPS) is 21.7. The molecule has 1 aliphatic rings. The van der Waals surface area contributed by atoms with E-state index in [4.69, 9.17) is 11.0 Å². The Morgan fingerprint density at radius 3 is 2.31 bits per heavy atom. The first-order valence-electron chi connectivity index (χ1n) is 5.36. The minimum absolute atomic E-state index is 0.211. The molecule has 0 aromatic rings. The van der Waals surface area contributed by atoms with Gasteiger partial charge in [-0.05, 0) is 38.4 Å². The smallest absolute Gasteiger partial charge is 0.330 e. The van der Waals surface area contributed by atoms with E-state index >= 15 is 0 Å². The van der Waals surface area contributed by atoms with Gasteiger partial charge in [-0.3, -0.25) is 0 Å². The van der Waals surface area contributed by atoms with Crippen LogP contribution < -0.4 is 5.73 Å². The maximum atomic E-state index is 12.3. The number of nitrogens with zero attached hydrogens (tertiary/aromatic N) is 2. The molecule has 0 aliphatic carbocycles. The third kappa shape index (κ3) is 3.65. The van der Waals surface area contributed by atoms with E-state index in [9.17, 15) is 13.2 Å². The number of piperidine rings is 1. The Bertz CT molecular complexity index is 251. The topological polar surface area (TPSA) is 53.0 Å². The molecule has 3 nitrogen and oxygen atoms in total. The molecule has 6 heteroatoms. The SMILES string of the molecule is N#CC(CN1CCC(CN)CC1)C(F)(F)F. The summed E-state index contributed by atoms with van der Waals surface area (Å²) >= 11 is 0. The Labute approximate surface area is 93.0 Å². The van der Waals surface area contributed by atoms with Crippen molar-refractivity contribution in [3.63, 3.8) is 0 Å². The van der Waals surface area contributed by atoms with E-state index in [1.807, 2.05) is 0 Å². The van der Waals surface area contributed by atoms with Crippen molar-refractivity contribution < 1.29 is 13.2 Å². The van der Waals surface area contributed by atoms with E-state index < -0.39 is 12.1 Å². The van der Waals surface area contributed by atoms with Crippen LogP contribution in [0.3, 0.4) is 0 Å². The first-order valence-corrected chi connectivity index (χ1v) is 5.36. The standard InChI is InChI=1S/C10H16F3N3/c11-10(12,13)9(6-15)7-16-3-1-8(5-14)2-4-16/h8-9H,1-5,7,14H2. The molecule has 1 aliphatic heterocycles. The summed E-state index contributed by atoms with van der Waals surface area (Å²) in [5, 5.41) is 8.47. The maximum absolute atomic E-state index is 12.3. The van der Waals surface area contributed by atoms with Gasteiger partial charge in [0.1, 0.15) is 0 Å². The fourth-order valence-corrected chi connectivity index (χ4v) is 1.88. The van der Waals surface area contributed by atoms with Crippen LogP contribution in [0.1, 0.15) is 12.8 Å². The average Bonchev–Trinajstić information content (AvgIpc) is 2.25. The zero-order chi connectivity index (χ0) is 12.2. The number of nitriles is 1. The quantitative estimate of drug-likeness (QED) is 0.803. The summed E-state index contributed by atoms with van der Waals surface area (Å²) in [5.41, 5.74) is 5.49. The molecule has 2 N–H and O–H groups in total. The summed E-state index contributed by atoms with van der Waals surface area (Å²) in [6.07, 6.45) is -2.77. The summed E-state index contributed by atoms with van der Waals surface area (Å²) in [6.45, 7) is 1.60. The number of hydrogen-bond acceptors (Lipinski definition) is 3. The molecule has 92 valence electrons. The number of nitrogens with two attached hydrogens (primary N) is 1. The lowest BCUT2D eigenvalue weighted by molar-refractivity contribution is -0.163. The van der Waals surface area contributed by atoms with Gasteiger partial charge in [-0.2, -0.15) is 18.4 Å². The highest BCUT2D eigenvalue weighted by Crippen LogP contribution is 2.27. The third-order valence-electron chi connectivity index (χ3n) is 3.03. The molecule has 1 rings (SSSR count). The van der Waals surface area contributed by atoms with Gasteiger partial charge in [0.15, 0.2) is 5.92 Å². The highest BCUT2D eigenvalue weighted by atomic mass is 19.4. The van der Waals surface area contributed by atoms with Crippen molar-refractivity contribution in [2.24, 2.45) is 17.6 Å². The second kappa shape index (κ2) is 5.51. The first kappa shape index (κ1) is 13.3. The molecule has 0 spiro atoms. The largest absolute Gasteiger partial charge is 0.405 e. The lowest BCUT2D eigenvalue weighted by Crippen LogP contribution is -2.41.